The van der Waals surface area contributed by atoms with Crippen LogP contribution in [0.1, 0.15) is 30.0 Å². The van der Waals surface area contributed by atoms with E-state index in [0.717, 1.165) is 22.3 Å². The van der Waals surface area contributed by atoms with Crippen LogP contribution in [-0.2, 0) is 6.42 Å². The number of nitro groups is 1. The minimum Gasteiger partial charge on any atom is -0.461 e. The highest BCUT2D eigenvalue weighted by molar-refractivity contribution is 5.83. The van der Waals surface area contributed by atoms with Gasteiger partial charge in [-0.05, 0) is 12.1 Å². The Morgan fingerprint density at radius 1 is 1.24 bits per heavy atom. The third kappa shape index (κ3) is 2.19. The lowest BCUT2D eigenvalue weighted by molar-refractivity contribution is -0.402. The Bertz CT molecular complexity index is 803. The molecule has 1 unspecified atom stereocenters. The van der Waals surface area contributed by atoms with E-state index in [0.29, 0.717) is 12.2 Å². The summed E-state index contributed by atoms with van der Waals surface area (Å²) in [6.45, 7) is 1.97. The van der Waals surface area contributed by atoms with Gasteiger partial charge in [0.25, 0.3) is 0 Å². The molecule has 2 aromatic heterocycles. The number of rotatable bonds is 4. The van der Waals surface area contributed by atoms with Gasteiger partial charge in [-0.1, -0.05) is 25.1 Å². The first-order valence-electron chi connectivity index (χ1n) is 6.61. The predicted octanol–water partition coefficient (Wildman–Crippen LogP) is 3.54. The summed E-state index contributed by atoms with van der Waals surface area (Å²) in [5.41, 5.74) is 7.81. The van der Waals surface area contributed by atoms with E-state index in [9.17, 15) is 10.1 Å². The van der Waals surface area contributed by atoms with E-state index in [1.807, 2.05) is 31.2 Å². The van der Waals surface area contributed by atoms with Gasteiger partial charge in [-0.25, -0.2) is 0 Å². The van der Waals surface area contributed by atoms with E-state index in [-0.39, 0.29) is 5.88 Å². The molecule has 1 atom stereocenters. The second kappa shape index (κ2) is 5.06. The molecule has 0 spiro atoms. The van der Waals surface area contributed by atoms with Gasteiger partial charge in [0.15, 0.2) is 0 Å². The molecular formula is C15H14N2O4. The Morgan fingerprint density at radius 2 is 2.00 bits per heavy atom. The molecule has 6 nitrogen and oxygen atoms in total. The normalized spacial score (nSPS) is 12.7. The molecular weight excluding hydrogens is 272 g/mol. The number of para-hydroxylation sites is 1. The standard InChI is InChI=1S/C15H14N2O4/c1-2-10-14(9-5-3-4-6-11(9)20-10)15(16)12-7-8-13(21-12)17(18)19/h3-8,15H,2,16H2,1H3. The number of nitrogens with zero attached hydrogens (tertiary/aromatic N) is 1. The summed E-state index contributed by atoms with van der Waals surface area (Å²) in [7, 11) is 0. The molecule has 1 aromatic carbocycles. The fourth-order valence-electron chi connectivity index (χ4n) is 2.47. The van der Waals surface area contributed by atoms with Crippen molar-refractivity contribution in [2.24, 2.45) is 5.73 Å². The van der Waals surface area contributed by atoms with Crippen molar-refractivity contribution >= 4 is 16.9 Å². The predicted molar refractivity (Wildman–Crippen MR) is 77.0 cm³/mol. The van der Waals surface area contributed by atoms with Crippen molar-refractivity contribution in [3.05, 3.63) is 63.6 Å². The highest BCUT2D eigenvalue weighted by atomic mass is 16.6. The zero-order valence-electron chi connectivity index (χ0n) is 11.4. The van der Waals surface area contributed by atoms with E-state index >= 15 is 0 Å². The second-order valence-electron chi connectivity index (χ2n) is 4.70. The van der Waals surface area contributed by atoms with Crippen molar-refractivity contribution in [1.29, 1.82) is 0 Å². The molecule has 0 saturated carbocycles. The van der Waals surface area contributed by atoms with Crippen LogP contribution in [0.4, 0.5) is 5.88 Å². The van der Waals surface area contributed by atoms with Crippen LogP contribution in [-0.4, -0.2) is 4.92 Å². The highest BCUT2D eigenvalue weighted by Gasteiger charge is 2.24. The van der Waals surface area contributed by atoms with Gasteiger partial charge >= 0.3 is 5.88 Å². The van der Waals surface area contributed by atoms with Crippen molar-refractivity contribution in [1.82, 2.24) is 0 Å². The van der Waals surface area contributed by atoms with Gasteiger partial charge in [-0.3, -0.25) is 10.1 Å². The third-order valence-electron chi connectivity index (χ3n) is 3.44. The van der Waals surface area contributed by atoms with Crippen molar-refractivity contribution in [3.63, 3.8) is 0 Å². The van der Waals surface area contributed by atoms with Gasteiger partial charge in [0.05, 0.1) is 12.1 Å². The van der Waals surface area contributed by atoms with Gasteiger partial charge < -0.3 is 14.6 Å². The molecule has 2 heterocycles. The number of hydrogen-bond donors (Lipinski definition) is 1. The summed E-state index contributed by atoms with van der Waals surface area (Å²) in [4.78, 5) is 10.1. The summed E-state index contributed by atoms with van der Waals surface area (Å²) in [6.07, 6.45) is 0.681. The van der Waals surface area contributed by atoms with Crippen LogP contribution < -0.4 is 5.73 Å². The zero-order chi connectivity index (χ0) is 15.0. The van der Waals surface area contributed by atoms with Crippen LogP contribution in [0, 0.1) is 10.1 Å². The monoisotopic (exact) mass is 286 g/mol. The van der Waals surface area contributed by atoms with E-state index in [4.69, 9.17) is 14.6 Å². The Hall–Kier alpha value is -2.60. The lowest BCUT2D eigenvalue weighted by atomic mass is 10.0. The summed E-state index contributed by atoms with van der Waals surface area (Å²) < 4.78 is 11.0. The van der Waals surface area contributed by atoms with E-state index in [1.54, 1.807) is 0 Å². The molecule has 6 heteroatoms. The smallest absolute Gasteiger partial charge is 0.433 e. The van der Waals surface area contributed by atoms with Crippen LogP contribution in [0.3, 0.4) is 0 Å². The summed E-state index contributed by atoms with van der Waals surface area (Å²) in [5, 5.41) is 11.6. The van der Waals surface area contributed by atoms with Gasteiger partial charge in [0.1, 0.15) is 22.0 Å². The van der Waals surface area contributed by atoms with Gasteiger partial charge in [-0.15, -0.1) is 0 Å². The molecule has 3 aromatic rings. The lowest BCUT2D eigenvalue weighted by Gasteiger charge is -2.08. The average molecular weight is 286 g/mol. The molecule has 0 saturated heterocycles. The number of nitrogens with two attached hydrogens (primary N) is 1. The number of aryl methyl sites for hydroxylation is 1. The largest absolute Gasteiger partial charge is 0.461 e. The average Bonchev–Trinajstić information content (AvgIpc) is 3.11. The quantitative estimate of drug-likeness (QED) is 0.584. The molecule has 0 aliphatic carbocycles. The van der Waals surface area contributed by atoms with Crippen molar-refractivity contribution in [2.45, 2.75) is 19.4 Å². The maximum Gasteiger partial charge on any atom is 0.433 e. The lowest BCUT2D eigenvalue weighted by Crippen LogP contribution is -2.12. The molecule has 0 amide bonds. The van der Waals surface area contributed by atoms with Crippen LogP contribution in [0.25, 0.3) is 11.0 Å². The van der Waals surface area contributed by atoms with Crippen molar-refractivity contribution in [3.8, 4) is 0 Å². The summed E-state index contributed by atoms with van der Waals surface area (Å²) >= 11 is 0. The zero-order valence-corrected chi connectivity index (χ0v) is 11.4. The Kier molecular flexibility index (Phi) is 3.23. The van der Waals surface area contributed by atoms with Gasteiger partial charge in [0, 0.05) is 17.4 Å². The van der Waals surface area contributed by atoms with Crippen LogP contribution >= 0.6 is 0 Å². The fraction of sp³-hybridized carbons (Fsp3) is 0.200. The van der Waals surface area contributed by atoms with Crippen LogP contribution in [0.5, 0.6) is 0 Å². The van der Waals surface area contributed by atoms with Gasteiger partial charge in [-0.2, -0.15) is 0 Å². The molecule has 0 fully saturated rings. The van der Waals surface area contributed by atoms with Crippen molar-refractivity contribution in [2.75, 3.05) is 0 Å². The number of fused-ring (bicyclic) bond motifs is 1. The minimum absolute atomic E-state index is 0.314. The minimum atomic E-state index is -0.600. The molecule has 0 radical (unpaired) electrons. The first kappa shape index (κ1) is 13.4. The van der Waals surface area contributed by atoms with E-state index < -0.39 is 11.0 Å². The summed E-state index contributed by atoms with van der Waals surface area (Å²) in [6, 6.07) is 9.82. The number of benzene rings is 1. The maximum absolute atomic E-state index is 10.7. The first-order valence-corrected chi connectivity index (χ1v) is 6.61. The van der Waals surface area contributed by atoms with Crippen LogP contribution in [0.15, 0.2) is 45.2 Å². The molecule has 0 bridgehead atoms. The second-order valence-corrected chi connectivity index (χ2v) is 4.70. The van der Waals surface area contributed by atoms with Gasteiger partial charge in [0.2, 0.25) is 0 Å². The Morgan fingerprint density at radius 3 is 2.67 bits per heavy atom. The Balaban J connectivity index is 2.11. The number of furan rings is 2. The number of hydrogen-bond acceptors (Lipinski definition) is 5. The van der Waals surface area contributed by atoms with Crippen molar-refractivity contribution < 1.29 is 13.8 Å². The SMILES string of the molecule is CCc1oc2ccccc2c1C(N)c1ccc([N+](=O)[O-])o1. The van der Waals surface area contributed by atoms with E-state index in [2.05, 4.69) is 0 Å². The maximum atomic E-state index is 10.7. The molecule has 0 aliphatic rings. The molecule has 21 heavy (non-hydrogen) atoms. The third-order valence-corrected chi connectivity index (χ3v) is 3.44. The molecule has 3 rings (SSSR count). The van der Waals surface area contributed by atoms with E-state index in [1.165, 1.54) is 12.1 Å². The molecule has 2 N–H and O–H groups in total. The molecule has 0 aliphatic heterocycles. The topological polar surface area (TPSA) is 95.4 Å². The summed E-state index contributed by atoms with van der Waals surface area (Å²) in [5.74, 6) is 0.803. The first-order chi connectivity index (χ1) is 10.1. The Labute approximate surface area is 120 Å². The van der Waals surface area contributed by atoms with Crippen LogP contribution in [0.2, 0.25) is 0 Å². The highest BCUT2D eigenvalue weighted by Crippen LogP contribution is 2.34. The fourth-order valence-corrected chi connectivity index (χ4v) is 2.47. The molecule has 108 valence electrons.